The average Bonchev–Trinajstić information content (AvgIpc) is 3.96. The first-order chi connectivity index (χ1) is 25.2. The zero-order chi connectivity index (χ0) is 36.6. The minimum Gasteiger partial charge on any atom is -0.339 e. The Hall–Kier alpha value is -6.17. The van der Waals surface area contributed by atoms with E-state index in [1.807, 2.05) is 6.07 Å². The molecule has 0 saturated carbocycles. The number of amides is 6. The molecule has 2 aromatic heterocycles. The molecule has 1 aromatic carbocycles. The molecule has 4 atom stereocenters. The molecular weight excluding hydrogens is 666 g/mol. The normalized spacial score (nSPS) is 20.1. The monoisotopic (exact) mass is 705 g/mol. The van der Waals surface area contributed by atoms with Gasteiger partial charge in [-0.15, -0.1) is 0 Å². The van der Waals surface area contributed by atoms with E-state index in [1.54, 1.807) is 53.7 Å². The van der Waals surface area contributed by atoms with Gasteiger partial charge in [-0.25, -0.2) is 0 Å². The van der Waals surface area contributed by atoms with E-state index in [1.165, 1.54) is 34.3 Å². The molecule has 3 aliphatic rings. The fourth-order valence-electron chi connectivity index (χ4n) is 7.08. The molecule has 0 bridgehead atoms. The highest BCUT2D eigenvalue weighted by atomic mass is 16.2. The molecule has 15 nitrogen and oxygen atoms in total. The second kappa shape index (κ2) is 16.2. The number of pyridine rings is 2. The number of carbonyl (C=O) groups is 6. The van der Waals surface area contributed by atoms with E-state index in [-0.39, 0.29) is 29.7 Å². The number of aromatic nitrogens is 2. The summed E-state index contributed by atoms with van der Waals surface area (Å²) < 4.78 is 0. The van der Waals surface area contributed by atoms with Crippen LogP contribution in [0.4, 0.5) is 11.4 Å². The number of hydrogen-bond donors (Lipinski definition) is 3. The summed E-state index contributed by atoms with van der Waals surface area (Å²) in [5.41, 5.74) is 1.33. The van der Waals surface area contributed by atoms with Crippen LogP contribution in [0.2, 0.25) is 0 Å². The molecule has 52 heavy (non-hydrogen) atoms. The summed E-state index contributed by atoms with van der Waals surface area (Å²) in [6.07, 6.45) is 9.04. The molecule has 5 heterocycles. The van der Waals surface area contributed by atoms with Crippen LogP contribution in [0.5, 0.6) is 0 Å². The van der Waals surface area contributed by atoms with Crippen molar-refractivity contribution in [2.75, 3.05) is 30.3 Å². The summed E-state index contributed by atoms with van der Waals surface area (Å²) in [4.78, 5) is 93.0. The van der Waals surface area contributed by atoms with Gasteiger partial charge in [0.25, 0.3) is 11.8 Å². The van der Waals surface area contributed by atoms with Gasteiger partial charge in [-0.2, -0.15) is 5.26 Å². The third-order valence-electron chi connectivity index (χ3n) is 9.60. The Balaban J connectivity index is 1.08. The van der Waals surface area contributed by atoms with Crippen LogP contribution in [0, 0.1) is 11.3 Å². The number of rotatable bonds is 10. The molecule has 0 radical (unpaired) electrons. The fraction of sp³-hybridized carbons (Fsp3) is 0.378. The van der Waals surface area contributed by atoms with Gasteiger partial charge >= 0.3 is 0 Å². The third kappa shape index (κ3) is 7.91. The molecule has 3 aromatic rings. The Bertz CT molecular complexity index is 1870. The maximum Gasteiger partial charge on any atom is 0.256 e. The Kier molecular flexibility index (Phi) is 11.1. The molecule has 3 fully saturated rings. The van der Waals surface area contributed by atoms with Gasteiger partial charge in [0.2, 0.25) is 23.6 Å². The Morgan fingerprint density at radius 2 is 1.33 bits per heavy atom. The van der Waals surface area contributed by atoms with Gasteiger partial charge in [0, 0.05) is 49.5 Å². The van der Waals surface area contributed by atoms with E-state index in [9.17, 15) is 34.0 Å². The summed E-state index contributed by atoms with van der Waals surface area (Å²) in [7, 11) is 0. The fourth-order valence-corrected chi connectivity index (χ4v) is 7.08. The molecular formula is C37H39N9O6. The number of likely N-dealkylation sites (tertiary alicyclic amines) is 3. The van der Waals surface area contributed by atoms with E-state index in [2.05, 4.69) is 25.9 Å². The molecule has 3 N–H and O–H groups in total. The van der Waals surface area contributed by atoms with Crippen molar-refractivity contribution in [2.24, 2.45) is 0 Å². The summed E-state index contributed by atoms with van der Waals surface area (Å²) in [5, 5.41) is 17.7. The van der Waals surface area contributed by atoms with Crippen LogP contribution in [0.1, 0.15) is 65.7 Å². The third-order valence-corrected chi connectivity index (χ3v) is 9.60. The van der Waals surface area contributed by atoms with E-state index < -0.39 is 41.9 Å². The molecule has 0 aliphatic carbocycles. The lowest BCUT2D eigenvalue weighted by molar-refractivity contribution is -0.139. The van der Waals surface area contributed by atoms with Crippen LogP contribution in [0.25, 0.3) is 0 Å². The second-order valence-electron chi connectivity index (χ2n) is 13.0. The number of hydrogen-bond acceptors (Lipinski definition) is 9. The number of carbonyl (C=O) groups excluding carboxylic acids is 6. The van der Waals surface area contributed by atoms with Crippen LogP contribution in [0.15, 0.2) is 73.3 Å². The molecule has 268 valence electrons. The van der Waals surface area contributed by atoms with Gasteiger partial charge in [-0.05, 0) is 81.0 Å². The molecule has 0 spiro atoms. The van der Waals surface area contributed by atoms with Gasteiger partial charge in [-0.3, -0.25) is 38.7 Å². The highest BCUT2D eigenvalue weighted by Gasteiger charge is 2.42. The van der Waals surface area contributed by atoms with Crippen molar-refractivity contribution in [1.82, 2.24) is 30.0 Å². The van der Waals surface area contributed by atoms with Gasteiger partial charge in [0.15, 0.2) is 0 Å². The van der Waals surface area contributed by atoms with Crippen molar-refractivity contribution in [2.45, 2.75) is 69.1 Å². The Labute approximate surface area is 300 Å². The van der Waals surface area contributed by atoms with Crippen molar-refractivity contribution >= 4 is 46.8 Å². The first-order valence-electron chi connectivity index (χ1n) is 17.4. The average molecular weight is 706 g/mol. The van der Waals surface area contributed by atoms with Crippen LogP contribution < -0.4 is 16.0 Å². The van der Waals surface area contributed by atoms with E-state index in [0.717, 1.165) is 0 Å². The van der Waals surface area contributed by atoms with Crippen LogP contribution in [-0.4, -0.2) is 104 Å². The lowest BCUT2D eigenvalue weighted by Crippen LogP contribution is -2.52. The number of nitriles is 1. The molecule has 6 amide bonds. The van der Waals surface area contributed by atoms with Gasteiger partial charge in [-0.1, -0.05) is 6.07 Å². The summed E-state index contributed by atoms with van der Waals surface area (Å²) in [6.45, 7) is 1.11. The van der Waals surface area contributed by atoms with Crippen LogP contribution in [-0.2, 0) is 19.2 Å². The summed E-state index contributed by atoms with van der Waals surface area (Å²) in [6, 6.07) is 11.4. The predicted octanol–water partition coefficient (Wildman–Crippen LogP) is 2.35. The first-order valence-corrected chi connectivity index (χ1v) is 17.4. The van der Waals surface area contributed by atoms with Crippen molar-refractivity contribution < 1.29 is 28.8 Å². The van der Waals surface area contributed by atoms with E-state index in [0.29, 0.717) is 75.1 Å². The predicted molar refractivity (Wildman–Crippen MR) is 187 cm³/mol. The highest BCUT2D eigenvalue weighted by Crippen LogP contribution is 2.27. The molecule has 6 rings (SSSR count). The topological polar surface area (TPSA) is 198 Å². The molecule has 15 heteroatoms. The first kappa shape index (κ1) is 35.6. The minimum absolute atomic E-state index is 0.135. The lowest BCUT2D eigenvalue weighted by Gasteiger charge is -2.31. The number of benzene rings is 1. The van der Waals surface area contributed by atoms with Crippen molar-refractivity contribution in [3.8, 4) is 6.07 Å². The SMILES string of the molecule is N#CC[C@H](NC(=O)c1cccc(NC(=O)[C@@H]2CCCN2C(=O)[C@@H]2CCCN2C(=O)c2cccnc2)c1)C(=O)N1CCC[C@H]1C(=O)Nc1cccnc1. The smallest absolute Gasteiger partial charge is 0.256 e. The highest BCUT2D eigenvalue weighted by molar-refractivity contribution is 6.03. The Morgan fingerprint density at radius 1 is 0.731 bits per heavy atom. The molecule has 3 aliphatic heterocycles. The van der Waals surface area contributed by atoms with Gasteiger partial charge < -0.3 is 30.7 Å². The van der Waals surface area contributed by atoms with Crippen LogP contribution in [0.3, 0.4) is 0 Å². The summed E-state index contributed by atoms with van der Waals surface area (Å²) in [5.74, 6) is -2.54. The Morgan fingerprint density at radius 3 is 2.00 bits per heavy atom. The minimum atomic E-state index is -1.21. The van der Waals surface area contributed by atoms with E-state index >= 15 is 0 Å². The molecule has 0 unspecified atom stereocenters. The zero-order valence-corrected chi connectivity index (χ0v) is 28.4. The lowest BCUT2D eigenvalue weighted by atomic mass is 10.1. The van der Waals surface area contributed by atoms with Crippen molar-refractivity contribution in [3.05, 3.63) is 84.4 Å². The summed E-state index contributed by atoms with van der Waals surface area (Å²) >= 11 is 0. The molecule has 3 saturated heterocycles. The quantitative estimate of drug-likeness (QED) is 0.284. The van der Waals surface area contributed by atoms with Gasteiger partial charge in [0.1, 0.15) is 24.2 Å². The largest absolute Gasteiger partial charge is 0.339 e. The number of nitrogens with one attached hydrogen (secondary N) is 3. The zero-order valence-electron chi connectivity index (χ0n) is 28.4. The standard InChI is InChI=1S/C37H39N9O6/c38-15-14-28(36(51)44-18-4-11-29(44)34(49)42-27-10-3-17-40-23-27)43-32(47)24-7-1-9-26(21-24)41-33(48)30-12-5-19-45(30)37(52)31-13-6-20-46(31)35(50)25-8-2-16-39-22-25/h1-3,7-10,16-17,21-23,28-31H,4-6,11-14,18-20H2,(H,41,48)(H,42,49)(H,43,47)/t28-,29-,30-,31-/m0/s1. The van der Waals surface area contributed by atoms with Gasteiger partial charge in [0.05, 0.1) is 29.9 Å². The number of anilines is 2. The maximum absolute atomic E-state index is 13.8. The second-order valence-corrected chi connectivity index (χ2v) is 13.0. The van der Waals surface area contributed by atoms with Crippen LogP contribution >= 0.6 is 0 Å². The number of nitrogens with zero attached hydrogens (tertiary/aromatic N) is 6. The van der Waals surface area contributed by atoms with Crippen molar-refractivity contribution in [1.29, 1.82) is 5.26 Å². The van der Waals surface area contributed by atoms with E-state index in [4.69, 9.17) is 0 Å². The maximum atomic E-state index is 13.8. The van der Waals surface area contributed by atoms with Crippen molar-refractivity contribution in [3.63, 3.8) is 0 Å².